The molecule has 0 bridgehead atoms. The largest absolute Gasteiger partial charge is 0.379 e. The number of thiazole rings is 1. The van der Waals surface area contributed by atoms with E-state index in [4.69, 9.17) is 10.5 Å². The van der Waals surface area contributed by atoms with Gasteiger partial charge in [0.2, 0.25) is 0 Å². The van der Waals surface area contributed by atoms with Gasteiger partial charge in [0.05, 0.1) is 11.1 Å². The minimum Gasteiger partial charge on any atom is -0.379 e. The number of ether oxygens (including phenoxy) is 1. The lowest BCUT2D eigenvalue weighted by atomic mass is 10.1. The SMILES string of the molecule is COC(CNC(=O)c1csc(CCN)n1)C(C)C.Cl. The molecule has 0 aliphatic carbocycles. The van der Waals surface area contributed by atoms with Gasteiger partial charge in [0.25, 0.3) is 5.91 Å². The maximum atomic E-state index is 11.9. The highest BCUT2D eigenvalue weighted by molar-refractivity contribution is 7.09. The lowest BCUT2D eigenvalue weighted by Crippen LogP contribution is -2.36. The Kier molecular flexibility index (Phi) is 8.92. The van der Waals surface area contributed by atoms with E-state index in [9.17, 15) is 4.79 Å². The smallest absolute Gasteiger partial charge is 0.270 e. The van der Waals surface area contributed by atoms with E-state index in [1.807, 2.05) is 0 Å². The summed E-state index contributed by atoms with van der Waals surface area (Å²) in [4.78, 5) is 16.1. The van der Waals surface area contributed by atoms with Crippen molar-refractivity contribution in [2.75, 3.05) is 20.2 Å². The van der Waals surface area contributed by atoms with Crippen LogP contribution in [0.5, 0.6) is 0 Å². The summed E-state index contributed by atoms with van der Waals surface area (Å²) < 4.78 is 5.29. The van der Waals surface area contributed by atoms with Crippen molar-refractivity contribution in [1.29, 1.82) is 0 Å². The van der Waals surface area contributed by atoms with Crippen molar-refractivity contribution < 1.29 is 9.53 Å². The molecule has 0 radical (unpaired) electrons. The molecule has 5 nitrogen and oxygen atoms in total. The van der Waals surface area contributed by atoms with Crippen LogP contribution in [0.1, 0.15) is 29.3 Å². The van der Waals surface area contributed by atoms with Gasteiger partial charge >= 0.3 is 0 Å². The van der Waals surface area contributed by atoms with E-state index in [0.29, 0.717) is 31.1 Å². The van der Waals surface area contributed by atoms with Crippen molar-refractivity contribution >= 4 is 29.7 Å². The highest BCUT2D eigenvalue weighted by Gasteiger charge is 2.15. The second kappa shape index (κ2) is 9.25. The number of hydrogen-bond donors (Lipinski definition) is 2. The van der Waals surface area contributed by atoms with Crippen LogP contribution >= 0.6 is 23.7 Å². The summed E-state index contributed by atoms with van der Waals surface area (Å²) in [5, 5.41) is 5.50. The first kappa shape index (κ1) is 18.3. The zero-order valence-corrected chi connectivity index (χ0v) is 13.1. The molecule has 19 heavy (non-hydrogen) atoms. The molecular formula is C12H22ClN3O2S. The number of halogens is 1. The Morgan fingerprint density at radius 2 is 2.26 bits per heavy atom. The Bertz CT molecular complexity index is 385. The maximum Gasteiger partial charge on any atom is 0.270 e. The molecule has 0 aromatic carbocycles. The quantitative estimate of drug-likeness (QED) is 0.799. The number of hydrogen-bond acceptors (Lipinski definition) is 5. The van der Waals surface area contributed by atoms with Crippen molar-refractivity contribution in [3.8, 4) is 0 Å². The fraction of sp³-hybridized carbons (Fsp3) is 0.667. The van der Waals surface area contributed by atoms with Crippen LogP contribution < -0.4 is 11.1 Å². The molecule has 0 saturated carbocycles. The highest BCUT2D eigenvalue weighted by atomic mass is 35.5. The molecule has 1 aromatic heterocycles. The van der Waals surface area contributed by atoms with Gasteiger partial charge < -0.3 is 15.8 Å². The highest BCUT2D eigenvalue weighted by Crippen LogP contribution is 2.10. The van der Waals surface area contributed by atoms with Crippen LogP contribution in [-0.2, 0) is 11.2 Å². The van der Waals surface area contributed by atoms with Crippen LogP contribution in [0, 0.1) is 5.92 Å². The summed E-state index contributed by atoms with van der Waals surface area (Å²) in [7, 11) is 1.65. The van der Waals surface area contributed by atoms with Crippen LogP contribution in [0.25, 0.3) is 0 Å². The van der Waals surface area contributed by atoms with E-state index >= 15 is 0 Å². The number of nitrogens with zero attached hydrogens (tertiary/aromatic N) is 1. The van der Waals surface area contributed by atoms with E-state index in [1.54, 1.807) is 12.5 Å². The van der Waals surface area contributed by atoms with Gasteiger partial charge in [-0.25, -0.2) is 4.98 Å². The Morgan fingerprint density at radius 3 is 2.79 bits per heavy atom. The van der Waals surface area contributed by atoms with E-state index < -0.39 is 0 Å². The number of methoxy groups -OCH3 is 1. The summed E-state index contributed by atoms with van der Waals surface area (Å²) in [6.45, 7) is 5.16. The van der Waals surface area contributed by atoms with Crippen molar-refractivity contribution in [1.82, 2.24) is 10.3 Å². The third kappa shape index (κ3) is 5.86. The van der Waals surface area contributed by atoms with Gasteiger partial charge in [-0.1, -0.05) is 13.8 Å². The molecule has 1 amide bonds. The van der Waals surface area contributed by atoms with Gasteiger partial charge in [0.1, 0.15) is 5.69 Å². The second-order valence-corrected chi connectivity index (χ2v) is 5.34. The molecule has 3 N–H and O–H groups in total. The van der Waals surface area contributed by atoms with Crippen LogP contribution in [0.3, 0.4) is 0 Å². The molecule has 0 aliphatic heterocycles. The lowest BCUT2D eigenvalue weighted by molar-refractivity contribution is 0.0603. The molecule has 1 unspecified atom stereocenters. The van der Waals surface area contributed by atoms with Crippen molar-refractivity contribution in [2.45, 2.75) is 26.4 Å². The number of nitrogens with one attached hydrogen (secondary N) is 1. The predicted molar refractivity (Wildman–Crippen MR) is 80.1 cm³/mol. The van der Waals surface area contributed by atoms with Crippen LogP contribution in [0.15, 0.2) is 5.38 Å². The number of nitrogens with two attached hydrogens (primary N) is 1. The number of amides is 1. The molecule has 1 heterocycles. The topological polar surface area (TPSA) is 77.2 Å². The Balaban J connectivity index is 0.00000324. The zero-order valence-electron chi connectivity index (χ0n) is 11.5. The zero-order chi connectivity index (χ0) is 13.5. The Morgan fingerprint density at radius 1 is 1.58 bits per heavy atom. The number of carbonyl (C=O) groups excluding carboxylic acids is 1. The van der Waals surface area contributed by atoms with E-state index in [-0.39, 0.29) is 24.4 Å². The van der Waals surface area contributed by atoms with Crippen LogP contribution in [-0.4, -0.2) is 37.2 Å². The van der Waals surface area contributed by atoms with Gasteiger partial charge in [0.15, 0.2) is 0 Å². The standard InChI is InChI=1S/C12H21N3O2S.ClH/c1-8(2)10(17-3)6-14-12(16)9-7-18-11(15-9)4-5-13;/h7-8,10H,4-6,13H2,1-3H3,(H,14,16);1H. The molecule has 0 saturated heterocycles. The molecule has 1 aromatic rings. The van der Waals surface area contributed by atoms with E-state index in [2.05, 4.69) is 24.1 Å². The molecule has 0 aliphatic rings. The van der Waals surface area contributed by atoms with Gasteiger partial charge in [0, 0.05) is 25.5 Å². The maximum absolute atomic E-state index is 11.9. The fourth-order valence-corrected chi connectivity index (χ4v) is 2.32. The first-order valence-electron chi connectivity index (χ1n) is 6.04. The van der Waals surface area contributed by atoms with E-state index in [1.165, 1.54) is 11.3 Å². The summed E-state index contributed by atoms with van der Waals surface area (Å²) >= 11 is 1.47. The Hall–Kier alpha value is -0.690. The summed E-state index contributed by atoms with van der Waals surface area (Å²) in [6, 6.07) is 0. The van der Waals surface area contributed by atoms with Gasteiger partial charge in [-0.15, -0.1) is 23.7 Å². The summed E-state index contributed by atoms with van der Waals surface area (Å²) in [6.07, 6.45) is 0.737. The van der Waals surface area contributed by atoms with Crippen molar-refractivity contribution in [3.05, 3.63) is 16.1 Å². The average molecular weight is 308 g/mol. The average Bonchev–Trinajstić information content (AvgIpc) is 2.78. The molecular weight excluding hydrogens is 286 g/mol. The van der Waals surface area contributed by atoms with E-state index in [0.717, 1.165) is 5.01 Å². The van der Waals surface area contributed by atoms with Gasteiger partial charge in [-0.3, -0.25) is 4.79 Å². The third-order valence-corrected chi connectivity index (χ3v) is 3.56. The molecule has 110 valence electrons. The summed E-state index contributed by atoms with van der Waals surface area (Å²) in [5.74, 6) is 0.204. The second-order valence-electron chi connectivity index (χ2n) is 4.39. The van der Waals surface area contributed by atoms with Crippen LogP contribution in [0.2, 0.25) is 0 Å². The Labute approximate surface area is 124 Å². The minimum absolute atomic E-state index is 0. The molecule has 1 atom stereocenters. The monoisotopic (exact) mass is 307 g/mol. The first-order chi connectivity index (χ1) is 8.58. The third-order valence-electron chi connectivity index (χ3n) is 2.65. The summed E-state index contributed by atoms with van der Waals surface area (Å²) in [5.41, 5.74) is 5.91. The van der Waals surface area contributed by atoms with Crippen molar-refractivity contribution in [2.24, 2.45) is 11.7 Å². The number of aromatic nitrogens is 1. The van der Waals surface area contributed by atoms with Gasteiger partial charge in [-0.2, -0.15) is 0 Å². The molecule has 1 rings (SSSR count). The molecule has 7 heteroatoms. The van der Waals surface area contributed by atoms with Crippen molar-refractivity contribution in [3.63, 3.8) is 0 Å². The predicted octanol–water partition coefficient (Wildman–Crippen LogP) is 1.47. The van der Waals surface area contributed by atoms with Gasteiger partial charge in [-0.05, 0) is 12.5 Å². The normalized spacial score (nSPS) is 12.1. The number of rotatable bonds is 7. The molecule has 0 fully saturated rings. The molecule has 0 spiro atoms. The number of carbonyl (C=O) groups is 1. The van der Waals surface area contributed by atoms with Crippen LogP contribution in [0.4, 0.5) is 0 Å². The minimum atomic E-state index is -0.155. The lowest BCUT2D eigenvalue weighted by Gasteiger charge is -2.19. The first-order valence-corrected chi connectivity index (χ1v) is 6.92. The fourth-order valence-electron chi connectivity index (χ4n) is 1.53.